The number of likely N-dealkylation sites (N-methyl/N-ethyl adjacent to an activating group) is 1. The number of amides is 3. The zero-order valence-electron chi connectivity index (χ0n) is 14.6. The molecule has 2 saturated heterocycles. The first-order valence-electron chi connectivity index (χ1n) is 8.45. The van der Waals surface area contributed by atoms with Crippen molar-refractivity contribution in [1.82, 2.24) is 14.7 Å². The van der Waals surface area contributed by atoms with Crippen LogP contribution in [-0.4, -0.2) is 67.0 Å². The fourth-order valence-corrected chi connectivity index (χ4v) is 3.58. The molecule has 2 heterocycles. The maximum atomic E-state index is 12.7. The molecule has 0 aromatic heterocycles. The molecule has 2 aliphatic heterocycles. The highest BCUT2D eigenvalue weighted by atomic mass is 16.5. The number of carbonyl (C=O) groups is 2. The second-order valence-corrected chi connectivity index (χ2v) is 6.69. The van der Waals surface area contributed by atoms with Crippen LogP contribution in [0.4, 0.5) is 4.79 Å². The molecular formula is C18H25N3O3. The zero-order valence-corrected chi connectivity index (χ0v) is 14.6. The Morgan fingerprint density at radius 1 is 1.21 bits per heavy atom. The molecule has 2 fully saturated rings. The Kier molecular flexibility index (Phi) is 4.76. The van der Waals surface area contributed by atoms with Crippen molar-refractivity contribution in [1.29, 1.82) is 0 Å². The number of benzene rings is 1. The molecule has 1 aromatic rings. The third kappa shape index (κ3) is 2.98. The Balaban J connectivity index is 1.80. The van der Waals surface area contributed by atoms with E-state index in [4.69, 9.17) is 4.74 Å². The van der Waals surface area contributed by atoms with Gasteiger partial charge in [-0.25, -0.2) is 4.79 Å². The molecule has 130 valence electrons. The number of urea groups is 1. The Morgan fingerprint density at radius 3 is 2.50 bits per heavy atom. The lowest BCUT2D eigenvalue weighted by Gasteiger charge is -2.28. The van der Waals surface area contributed by atoms with Gasteiger partial charge < -0.3 is 14.5 Å². The van der Waals surface area contributed by atoms with Gasteiger partial charge in [0.25, 0.3) is 5.91 Å². The highest BCUT2D eigenvalue weighted by molar-refractivity contribution is 6.04. The summed E-state index contributed by atoms with van der Waals surface area (Å²) in [6.45, 7) is 1.07. The lowest BCUT2D eigenvalue weighted by Crippen LogP contribution is -2.40. The van der Waals surface area contributed by atoms with Crippen molar-refractivity contribution in [3.8, 4) is 5.75 Å². The third-order valence-electron chi connectivity index (χ3n) is 5.01. The SMILES string of the molecule is COc1ccc(C(CN2C(=O)C3CCCCN3C2=O)N(C)C)cc1. The zero-order chi connectivity index (χ0) is 17.3. The quantitative estimate of drug-likeness (QED) is 0.776. The molecule has 1 aromatic carbocycles. The van der Waals surface area contributed by atoms with Crippen LogP contribution < -0.4 is 4.74 Å². The molecule has 3 amide bonds. The van der Waals surface area contributed by atoms with E-state index in [0.29, 0.717) is 13.1 Å². The third-order valence-corrected chi connectivity index (χ3v) is 5.01. The van der Waals surface area contributed by atoms with Crippen LogP contribution in [0.1, 0.15) is 30.9 Å². The molecule has 2 unspecified atom stereocenters. The number of methoxy groups -OCH3 is 1. The van der Waals surface area contributed by atoms with Gasteiger partial charge in [-0.2, -0.15) is 0 Å². The van der Waals surface area contributed by atoms with Crippen molar-refractivity contribution >= 4 is 11.9 Å². The first-order chi connectivity index (χ1) is 11.5. The number of carbonyl (C=O) groups excluding carboxylic acids is 2. The number of rotatable bonds is 5. The van der Waals surface area contributed by atoms with Gasteiger partial charge in [-0.15, -0.1) is 0 Å². The van der Waals surface area contributed by atoms with Gasteiger partial charge in [-0.05, 0) is 51.1 Å². The molecule has 0 saturated carbocycles. The predicted octanol–water partition coefficient (Wildman–Crippen LogP) is 2.11. The Bertz CT molecular complexity index is 590. The Hall–Kier alpha value is -2.08. The average molecular weight is 331 g/mol. The molecule has 0 radical (unpaired) electrons. The van der Waals surface area contributed by atoms with E-state index in [0.717, 1.165) is 30.6 Å². The Labute approximate surface area is 143 Å². The van der Waals surface area contributed by atoms with E-state index in [9.17, 15) is 9.59 Å². The fourth-order valence-electron chi connectivity index (χ4n) is 3.58. The molecule has 3 rings (SSSR count). The van der Waals surface area contributed by atoms with E-state index in [1.807, 2.05) is 43.3 Å². The maximum Gasteiger partial charge on any atom is 0.327 e. The first-order valence-corrected chi connectivity index (χ1v) is 8.45. The monoisotopic (exact) mass is 331 g/mol. The standard InChI is InChI=1S/C18H25N3O3/c1-19(2)16(13-7-9-14(24-3)10-8-13)12-21-17(22)15-6-4-5-11-20(15)18(21)23/h7-10,15-16H,4-6,11-12H2,1-3H3. The van der Waals surface area contributed by atoms with Gasteiger partial charge in [-0.1, -0.05) is 12.1 Å². The number of nitrogens with zero attached hydrogens (tertiary/aromatic N) is 3. The van der Waals surface area contributed by atoms with Gasteiger partial charge in [0.1, 0.15) is 11.8 Å². The second kappa shape index (κ2) is 6.81. The maximum absolute atomic E-state index is 12.7. The van der Waals surface area contributed by atoms with E-state index >= 15 is 0 Å². The van der Waals surface area contributed by atoms with Crippen LogP contribution in [0.5, 0.6) is 5.75 Å². The molecule has 0 N–H and O–H groups in total. The minimum Gasteiger partial charge on any atom is -0.497 e. The normalized spacial score (nSPS) is 22.1. The van der Waals surface area contributed by atoms with E-state index in [2.05, 4.69) is 0 Å². The summed E-state index contributed by atoms with van der Waals surface area (Å²) in [5, 5.41) is 0. The van der Waals surface area contributed by atoms with Crippen molar-refractivity contribution < 1.29 is 14.3 Å². The van der Waals surface area contributed by atoms with E-state index in [1.54, 1.807) is 12.0 Å². The number of hydrogen-bond acceptors (Lipinski definition) is 4. The molecule has 2 atom stereocenters. The summed E-state index contributed by atoms with van der Waals surface area (Å²) >= 11 is 0. The van der Waals surface area contributed by atoms with Crippen LogP contribution in [0.25, 0.3) is 0 Å². The van der Waals surface area contributed by atoms with E-state index in [1.165, 1.54) is 4.90 Å². The highest BCUT2D eigenvalue weighted by Crippen LogP contribution is 2.30. The van der Waals surface area contributed by atoms with Gasteiger partial charge in [0.2, 0.25) is 0 Å². The summed E-state index contributed by atoms with van der Waals surface area (Å²) in [6.07, 6.45) is 2.79. The van der Waals surface area contributed by atoms with Crippen molar-refractivity contribution in [2.24, 2.45) is 0 Å². The van der Waals surface area contributed by atoms with Gasteiger partial charge in [-0.3, -0.25) is 9.69 Å². The number of ether oxygens (including phenoxy) is 1. The van der Waals surface area contributed by atoms with Crippen LogP contribution >= 0.6 is 0 Å². The summed E-state index contributed by atoms with van der Waals surface area (Å²) in [5.41, 5.74) is 1.06. The number of hydrogen-bond donors (Lipinski definition) is 0. The van der Waals surface area contributed by atoms with Crippen molar-refractivity contribution in [2.45, 2.75) is 31.3 Å². The van der Waals surface area contributed by atoms with Crippen LogP contribution in [-0.2, 0) is 4.79 Å². The number of imide groups is 1. The summed E-state index contributed by atoms with van der Waals surface area (Å²) < 4.78 is 5.20. The summed E-state index contributed by atoms with van der Waals surface area (Å²) in [6, 6.07) is 7.37. The minimum absolute atomic E-state index is 0.0369. The molecule has 6 heteroatoms. The molecular weight excluding hydrogens is 306 g/mol. The van der Waals surface area contributed by atoms with E-state index < -0.39 is 0 Å². The van der Waals surface area contributed by atoms with Crippen molar-refractivity contribution in [2.75, 3.05) is 34.3 Å². The molecule has 2 aliphatic rings. The van der Waals surface area contributed by atoms with Crippen LogP contribution in [0.2, 0.25) is 0 Å². The Morgan fingerprint density at radius 2 is 1.92 bits per heavy atom. The summed E-state index contributed by atoms with van der Waals surface area (Å²) in [4.78, 5) is 30.5. The van der Waals surface area contributed by atoms with Gasteiger partial charge >= 0.3 is 6.03 Å². The lowest BCUT2D eigenvalue weighted by molar-refractivity contribution is -0.129. The van der Waals surface area contributed by atoms with Crippen LogP contribution in [0.3, 0.4) is 0 Å². The topological polar surface area (TPSA) is 53.1 Å². The second-order valence-electron chi connectivity index (χ2n) is 6.69. The molecule has 24 heavy (non-hydrogen) atoms. The molecule has 0 bridgehead atoms. The summed E-state index contributed by atoms with van der Waals surface area (Å²) in [5.74, 6) is 0.752. The van der Waals surface area contributed by atoms with Crippen molar-refractivity contribution in [3.05, 3.63) is 29.8 Å². The van der Waals surface area contributed by atoms with Crippen molar-refractivity contribution in [3.63, 3.8) is 0 Å². The smallest absolute Gasteiger partial charge is 0.327 e. The predicted molar refractivity (Wildman–Crippen MR) is 90.9 cm³/mol. The van der Waals surface area contributed by atoms with Crippen LogP contribution in [0.15, 0.2) is 24.3 Å². The van der Waals surface area contributed by atoms with E-state index in [-0.39, 0.29) is 24.0 Å². The lowest BCUT2D eigenvalue weighted by atomic mass is 10.0. The average Bonchev–Trinajstić information content (AvgIpc) is 2.84. The molecule has 0 aliphatic carbocycles. The minimum atomic E-state index is -0.245. The number of fused-ring (bicyclic) bond motifs is 1. The number of piperidine rings is 1. The highest BCUT2D eigenvalue weighted by Gasteiger charge is 2.46. The van der Waals surface area contributed by atoms with Gasteiger partial charge in [0.15, 0.2) is 0 Å². The summed E-state index contributed by atoms with van der Waals surface area (Å²) in [7, 11) is 5.57. The molecule has 6 nitrogen and oxygen atoms in total. The first kappa shape index (κ1) is 16.8. The fraction of sp³-hybridized carbons (Fsp3) is 0.556. The van der Waals surface area contributed by atoms with Crippen LogP contribution in [0, 0.1) is 0 Å². The molecule has 0 spiro atoms. The van der Waals surface area contributed by atoms with Gasteiger partial charge in [0.05, 0.1) is 19.7 Å². The largest absolute Gasteiger partial charge is 0.497 e. The van der Waals surface area contributed by atoms with Gasteiger partial charge in [0, 0.05) is 6.54 Å².